The van der Waals surface area contributed by atoms with Crippen molar-refractivity contribution in [2.45, 2.75) is 58.7 Å². The molecule has 1 heteroatoms. The third kappa shape index (κ3) is 3.57. The van der Waals surface area contributed by atoms with Crippen molar-refractivity contribution in [3.8, 4) is 0 Å². The monoisotopic (exact) mass is 232 g/mol. The Labute approximate surface area is 105 Å². The van der Waals surface area contributed by atoms with Crippen LogP contribution < -0.4 is 0 Å². The minimum Gasteiger partial charge on any atom is -0.374 e. The number of rotatable bonds is 4. The lowest BCUT2D eigenvalue weighted by atomic mass is 9.73. The lowest BCUT2D eigenvalue weighted by Crippen LogP contribution is -2.28. The van der Waals surface area contributed by atoms with Gasteiger partial charge in [0, 0.05) is 0 Å². The summed E-state index contributed by atoms with van der Waals surface area (Å²) in [6.45, 7) is 5.50. The lowest BCUT2D eigenvalue weighted by molar-refractivity contribution is -0.00988. The maximum absolute atomic E-state index is 6.01. The van der Waals surface area contributed by atoms with Crippen LogP contribution in [0.5, 0.6) is 0 Å². The van der Waals surface area contributed by atoms with Crippen molar-refractivity contribution in [2.24, 2.45) is 5.41 Å². The summed E-state index contributed by atoms with van der Waals surface area (Å²) < 4.78 is 6.01. The van der Waals surface area contributed by atoms with Gasteiger partial charge < -0.3 is 4.74 Å². The number of hydrogen-bond donors (Lipinski definition) is 0. The molecule has 1 aromatic carbocycles. The minimum absolute atomic E-state index is 0.481. The highest BCUT2D eigenvalue weighted by Crippen LogP contribution is 2.39. The molecule has 1 aromatic rings. The van der Waals surface area contributed by atoms with Crippen LogP contribution in [-0.2, 0) is 11.3 Å². The first kappa shape index (κ1) is 12.6. The number of benzene rings is 1. The second-order valence-corrected chi connectivity index (χ2v) is 5.66. The summed E-state index contributed by atoms with van der Waals surface area (Å²) in [6, 6.07) is 10.5. The van der Waals surface area contributed by atoms with Gasteiger partial charge in [0.2, 0.25) is 0 Å². The van der Waals surface area contributed by atoms with Gasteiger partial charge in [-0.1, -0.05) is 50.6 Å². The van der Waals surface area contributed by atoms with Gasteiger partial charge in [0.15, 0.2) is 0 Å². The molecule has 2 rings (SSSR count). The quantitative estimate of drug-likeness (QED) is 0.739. The summed E-state index contributed by atoms with van der Waals surface area (Å²) >= 11 is 0. The summed E-state index contributed by atoms with van der Waals surface area (Å²) in [4.78, 5) is 0. The molecule has 1 aliphatic rings. The highest BCUT2D eigenvalue weighted by atomic mass is 16.5. The van der Waals surface area contributed by atoms with E-state index in [-0.39, 0.29) is 0 Å². The first-order valence-corrected chi connectivity index (χ1v) is 6.87. The van der Waals surface area contributed by atoms with Crippen LogP contribution >= 0.6 is 0 Å². The fourth-order valence-corrected chi connectivity index (χ4v) is 2.60. The molecule has 94 valence electrons. The van der Waals surface area contributed by atoms with Gasteiger partial charge in [0.25, 0.3) is 0 Å². The maximum atomic E-state index is 6.01. The van der Waals surface area contributed by atoms with Gasteiger partial charge >= 0.3 is 0 Å². The molecule has 1 saturated carbocycles. The highest BCUT2D eigenvalue weighted by molar-refractivity contribution is 5.13. The van der Waals surface area contributed by atoms with Crippen LogP contribution in [-0.4, -0.2) is 6.10 Å². The van der Waals surface area contributed by atoms with Gasteiger partial charge in [-0.05, 0) is 36.7 Å². The Hall–Kier alpha value is -0.820. The molecule has 17 heavy (non-hydrogen) atoms. The van der Waals surface area contributed by atoms with Gasteiger partial charge in [-0.2, -0.15) is 0 Å². The van der Waals surface area contributed by atoms with Crippen LogP contribution in [0.3, 0.4) is 0 Å². The first-order chi connectivity index (χ1) is 8.22. The molecule has 1 aliphatic carbocycles. The van der Waals surface area contributed by atoms with E-state index in [0.717, 1.165) is 6.61 Å². The van der Waals surface area contributed by atoms with Crippen LogP contribution in [0.4, 0.5) is 0 Å². The Kier molecular flexibility index (Phi) is 4.22. The summed E-state index contributed by atoms with van der Waals surface area (Å²) in [5.41, 5.74) is 1.86. The Balaban J connectivity index is 1.75. The van der Waals surface area contributed by atoms with E-state index in [9.17, 15) is 0 Å². The van der Waals surface area contributed by atoms with Gasteiger partial charge in [-0.15, -0.1) is 0 Å². The molecule has 0 unspecified atom stereocenters. The van der Waals surface area contributed by atoms with E-state index in [4.69, 9.17) is 4.74 Å². The predicted molar refractivity (Wildman–Crippen MR) is 71.9 cm³/mol. The summed E-state index contributed by atoms with van der Waals surface area (Å²) in [7, 11) is 0. The summed E-state index contributed by atoms with van der Waals surface area (Å²) in [5.74, 6) is 0. The third-order valence-corrected chi connectivity index (χ3v) is 4.32. The zero-order valence-corrected chi connectivity index (χ0v) is 11.1. The fraction of sp³-hybridized carbons (Fsp3) is 0.625. The minimum atomic E-state index is 0.481. The molecule has 0 spiro atoms. The van der Waals surface area contributed by atoms with Crippen LogP contribution in [0.25, 0.3) is 0 Å². The average Bonchev–Trinajstić information content (AvgIpc) is 2.39. The van der Waals surface area contributed by atoms with E-state index in [0.29, 0.717) is 11.5 Å². The fourth-order valence-electron chi connectivity index (χ4n) is 2.60. The van der Waals surface area contributed by atoms with Crippen molar-refractivity contribution in [3.63, 3.8) is 0 Å². The molecule has 0 atom stereocenters. The molecule has 1 fully saturated rings. The van der Waals surface area contributed by atoms with Crippen molar-refractivity contribution < 1.29 is 4.74 Å². The Morgan fingerprint density at radius 2 is 1.82 bits per heavy atom. The molecular formula is C16H24O. The second kappa shape index (κ2) is 5.68. The van der Waals surface area contributed by atoms with E-state index in [2.05, 4.69) is 44.2 Å². The van der Waals surface area contributed by atoms with E-state index >= 15 is 0 Å². The van der Waals surface area contributed by atoms with Crippen molar-refractivity contribution in [2.75, 3.05) is 0 Å². The maximum Gasteiger partial charge on any atom is 0.0720 e. The van der Waals surface area contributed by atoms with Crippen LogP contribution in [0.1, 0.15) is 51.5 Å². The lowest BCUT2D eigenvalue weighted by Gasteiger charge is -2.36. The largest absolute Gasteiger partial charge is 0.374 e. The van der Waals surface area contributed by atoms with Crippen molar-refractivity contribution in [1.82, 2.24) is 0 Å². The zero-order valence-electron chi connectivity index (χ0n) is 11.1. The van der Waals surface area contributed by atoms with E-state index in [1.807, 2.05) is 0 Å². The highest BCUT2D eigenvalue weighted by Gasteiger charge is 2.29. The van der Waals surface area contributed by atoms with Gasteiger partial charge in [-0.3, -0.25) is 0 Å². The molecule has 0 radical (unpaired) electrons. The molecule has 0 saturated heterocycles. The zero-order chi connectivity index (χ0) is 12.1. The van der Waals surface area contributed by atoms with Crippen molar-refractivity contribution in [1.29, 1.82) is 0 Å². The molecule has 0 amide bonds. The molecule has 0 bridgehead atoms. The SMILES string of the molecule is CCC1(C)CCC(OCc2ccccc2)CC1. The van der Waals surface area contributed by atoms with Crippen LogP contribution in [0, 0.1) is 5.41 Å². The Morgan fingerprint density at radius 3 is 2.41 bits per heavy atom. The third-order valence-electron chi connectivity index (χ3n) is 4.32. The normalized spacial score (nSPS) is 29.2. The van der Waals surface area contributed by atoms with Gasteiger partial charge in [-0.25, -0.2) is 0 Å². The van der Waals surface area contributed by atoms with Crippen LogP contribution in [0.15, 0.2) is 30.3 Å². The predicted octanol–water partition coefficient (Wildman–Crippen LogP) is 4.56. The number of ether oxygens (including phenoxy) is 1. The first-order valence-electron chi connectivity index (χ1n) is 6.87. The Bertz CT molecular complexity index is 323. The average molecular weight is 232 g/mol. The molecule has 1 nitrogen and oxygen atoms in total. The second-order valence-electron chi connectivity index (χ2n) is 5.66. The van der Waals surface area contributed by atoms with Crippen molar-refractivity contribution in [3.05, 3.63) is 35.9 Å². The van der Waals surface area contributed by atoms with E-state index in [1.165, 1.54) is 37.7 Å². The molecule has 0 N–H and O–H groups in total. The summed E-state index contributed by atoms with van der Waals surface area (Å²) in [5, 5.41) is 0. The molecule has 0 heterocycles. The Morgan fingerprint density at radius 1 is 1.18 bits per heavy atom. The van der Waals surface area contributed by atoms with Gasteiger partial charge in [0.1, 0.15) is 0 Å². The van der Waals surface area contributed by atoms with Crippen LogP contribution in [0.2, 0.25) is 0 Å². The smallest absolute Gasteiger partial charge is 0.0720 e. The standard InChI is InChI=1S/C16H24O/c1-3-16(2)11-9-15(10-12-16)17-13-14-7-5-4-6-8-14/h4-8,15H,3,9-13H2,1-2H3. The number of hydrogen-bond acceptors (Lipinski definition) is 1. The van der Waals surface area contributed by atoms with Crippen molar-refractivity contribution >= 4 is 0 Å². The van der Waals surface area contributed by atoms with Gasteiger partial charge in [0.05, 0.1) is 12.7 Å². The van der Waals surface area contributed by atoms with E-state index < -0.39 is 0 Å². The summed E-state index contributed by atoms with van der Waals surface area (Å²) in [6.07, 6.45) is 6.90. The van der Waals surface area contributed by atoms with E-state index in [1.54, 1.807) is 0 Å². The molecular weight excluding hydrogens is 208 g/mol. The molecule has 0 aliphatic heterocycles. The topological polar surface area (TPSA) is 9.23 Å². The molecule has 0 aromatic heterocycles.